The highest BCUT2D eigenvalue weighted by Crippen LogP contribution is 2.23. The fraction of sp³-hybridized carbons (Fsp3) is 0.0625. The molecule has 118 valence electrons. The van der Waals surface area contributed by atoms with Gasteiger partial charge in [0, 0.05) is 10.2 Å². The number of benzene rings is 2. The van der Waals surface area contributed by atoms with Gasteiger partial charge in [0.1, 0.15) is 0 Å². The van der Waals surface area contributed by atoms with E-state index in [0.717, 1.165) is 15.6 Å². The Morgan fingerprint density at radius 3 is 2.57 bits per heavy atom. The van der Waals surface area contributed by atoms with E-state index >= 15 is 0 Å². The van der Waals surface area contributed by atoms with Gasteiger partial charge in [-0.1, -0.05) is 34.1 Å². The molecule has 0 saturated heterocycles. The van der Waals surface area contributed by atoms with Crippen LogP contribution in [0.15, 0.2) is 57.9 Å². The normalized spacial score (nSPS) is 12.7. The molecular formula is C16H13BrN2O3S. The van der Waals surface area contributed by atoms with E-state index in [4.69, 9.17) is 0 Å². The van der Waals surface area contributed by atoms with Crippen LogP contribution in [-0.4, -0.2) is 14.4 Å². The first-order valence-corrected chi connectivity index (χ1v) is 9.10. The maximum Gasteiger partial charge on any atom is 0.333 e. The lowest BCUT2D eigenvalue weighted by atomic mass is 10.1. The molecule has 0 heterocycles. The monoisotopic (exact) mass is 392 g/mol. The summed E-state index contributed by atoms with van der Waals surface area (Å²) in [4.78, 5) is 12.0. The van der Waals surface area contributed by atoms with Crippen molar-refractivity contribution in [2.24, 2.45) is 0 Å². The van der Waals surface area contributed by atoms with Crippen molar-refractivity contribution in [1.29, 1.82) is 0 Å². The Morgan fingerprint density at radius 1 is 1.09 bits per heavy atom. The Morgan fingerprint density at radius 2 is 1.83 bits per heavy atom. The molecule has 1 aliphatic rings. The number of amides is 2. The molecule has 1 aliphatic carbocycles. The van der Waals surface area contributed by atoms with Crippen molar-refractivity contribution >= 4 is 43.7 Å². The van der Waals surface area contributed by atoms with E-state index < -0.39 is 16.1 Å². The average Bonchev–Trinajstić information content (AvgIpc) is 2.96. The van der Waals surface area contributed by atoms with Crippen molar-refractivity contribution in [3.05, 3.63) is 64.1 Å². The molecule has 2 N–H and O–H groups in total. The highest BCUT2D eigenvalue weighted by atomic mass is 79.9. The van der Waals surface area contributed by atoms with Gasteiger partial charge in [0.25, 0.3) is 10.0 Å². The van der Waals surface area contributed by atoms with Gasteiger partial charge >= 0.3 is 6.03 Å². The number of halogens is 1. The Balaban J connectivity index is 1.73. The van der Waals surface area contributed by atoms with Crippen LogP contribution in [0.4, 0.5) is 10.5 Å². The number of nitrogens with one attached hydrogen (secondary N) is 2. The Kier molecular flexibility index (Phi) is 4.23. The molecular weight excluding hydrogens is 380 g/mol. The molecule has 0 saturated carbocycles. The molecule has 0 unspecified atom stereocenters. The van der Waals surface area contributed by atoms with Crippen LogP contribution >= 0.6 is 15.9 Å². The van der Waals surface area contributed by atoms with Crippen LogP contribution < -0.4 is 10.0 Å². The number of fused-ring (bicyclic) bond motifs is 1. The number of carbonyl (C=O) groups excluding carboxylic acids is 1. The van der Waals surface area contributed by atoms with Gasteiger partial charge in [0.05, 0.1) is 4.90 Å². The molecule has 2 amide bonds. The van der Waals surface area contributed by atoms with E-state index in [1.54, 1.807) is 36.4 Å². The lowest BCUT2D eigenvalue weighted by molar-refractivity contribution is 0.256. The molecule has 23 heavy (non-hydrogen) atoms. The summed E-state index contributed by atoms with van der Waals surface area (Å²) in [6.07, 6.45) is 4.61. The summed E-state index contributed by atoms with van der Waals surface area (Å²) in [6, 6.07) is 10.8. The quantitative estimate of drug-likeness (QED) is 0.838. The van der Waals surface area contributed by atoms with Crippen molar-refractivity contribution in [2.45, 2.75) is 11.3 Å². The van der Waals surface area contributed by atoms with Crippen LogP contribution in [0.5, 0.6) is 0 Å². The topological polar surface area (TPSA) is 75.3 Å². The van der Waals surface area contributed by atoms with Gasteiger partial charge in [-0.25, -0.2) is 17.9 Å². The standard InChI is InChI=1S/C16H13BrN2O3S/c17-13-5-7-14(8-6-13)18-16(20)19-23(21,22)15-9-4-11-2-1-3-12(11)10-15/h1-2,4-10H,3H2,(H2,18,19,20). The Bertz CT molecular complexity index is 890. The molecule has 7 heteroatoms. The smallest absolute Gasteiger partial charge is 0.307 e. The molecule has 0 spiro atoms. The zero-order valence-corrected chi connectivity index (χ0v) is 14.3. The van der Waals surface area contributed by atoms with Gasteiger partial charge in [-0.3, -0.25) is 0 Å². The molecule has 0 radical (unpaired) electrons. The fourth-order valence-electron chi connectivity index (χ4n) is 2.27. The predicted octanol–water partition coefficient (Wildman–Crippen LogP) is 3.53. The molecule has 0 atom stereocenters. The first-order valence-electron chi connectivity index (χ1n) is 6.83. The van der Waals surface area contributed by atoms with Crippen LogP contribution in [0, 0.1) is 0 Å². The summed E-state index contributed by atoms with van der Waals surface area (Å²) in [7, 11) is -3.91. The molecule has 0 fully saturated rings. The number of sulfonamides is 1. The molecule has 0 aliphatic heterocycles. The SMILES string of the molecule is O=C(Nc1ccc(Br)cc1)NS(=O)(=O)c1ccc2c(c1)CC=C2. The summed E-state index contributed by atoms with van der Waals surface area (Å²) in [5.41, 5.74) is 2.43. The van der Waals surface area contributed by atoms with Gasteiger partial charge < -0.3 is 5.32 Å². The summed E-state index contributed by atoms with van der Waals surface area (Å²) >= 11 is 3.29. The Hall–Kier alpha value is -2.12. The number of rotatable bonds is 3. The number of allylic oxidation sites excluding steroid dienone is 1. The lowest BCUT2D eigenvalue weighted by Gasteiger charge is -2.10. The maximum atomic E-state index is 12.3. The van der Waals surface area contributed by atoms with Gasteiger partial charge in [-0.2, -0.15) is 0 Å². The van der Waals surface area contributed by atoms with Gasteiger partial charge in [-0.15, -0.1) is 0 Å². The zero-order chi connectivity index (χ0) is 16.4. The molecule has 5 nitrogen and oxygen atoms in total. The molecule has 0 aromatic heterocycles. The second kappa shape index (κ2) is 6.17. The van der Waals surface area contributed by atoms with E-state index in [0.29, 0.717) is 12.1 Å². The maximum absolute atomic E-state index is 12.3. The van der Waals surface area contributed by atoms with E-state index in [2.05, 4.69) is 21.2 Å². The van der Waals surface area contributed by atoms with Gasteiger partial charge in [-0.05, 0) is 53.9 Å². The largest absolute Gasteiger partial charge is 0.333 e. The summed E-state index contributed by atoms with van der Waals surface area (Å²) in [6.45, 7) is 0. The third-order valence-electron chi connectivity index (χ3n) is 3.39. The van der Waals surface area contributed by atoms with Crippen molar-refractivity contribution < 1.29 is 13.2 Å². The minimum absolute atomic E-state index is 0.0749. The predicted molar refractivity (Wildman–Crippen MR) is 92.7 cm³/mol. The van der Waals surface area contributed by atoms with Crippen LogP contribution in [-0.2, 0) is 16.4 Å². The van der Waals surface area contributed by atoms with E-state index in [1.165, 1.54) is 6.07 Å². The summed E-state index contributed by atoms with van der Waals surface area (Å²) in [5, 5.41) is 2.48. The van der Waals surface area contributed by atoms with Crippen molar-refractivity contribution in [3.63, 3.8) is 0 Å². The minimum atomic E-state index is -3.91. The van der Waals surface area contributed by atoms with Crippen molar-refractivity contribution in [2.75, 3.05) is 5.32 Å². The fourth-order valence-corrected chi connectivity index (χ4v) is 3.49. The van der Waals surface area contributed by atoms with E-state index in [9.17, 15) is 13.2 Å². The van der Waals surface area contributed by atoms with Crippen LogP contribution in [0.3, 0.4) is 0 Å². The molecule has 2 aromatic carbocycles. The highest BCUT2D eigenvalue weighted by Gasteiger charge is 2.19. The highest BCUT2D eigenvalue weighted by molar-refractivity contribution is 9.10. The van der Waals surface area contributed by atoms with Crippen molar-refractivity contribution in [3.8, 4) is 0 Å². The van der Waals surface area contributed by atoms with Crippen LogP contribution in [0.2, 0.25) is 0 Å². The average molecular weight is 393 g/mol. The van der Waals surface area contributed by atoms with Crippen LogP contribution in [0.1, 0.15) is 11.1 Å². The first-order chi connectivity index (χ1) is 10.9. The van der Waals surface area contributed by atoms with E-state index in [1.807, 2.05) is 16.9 Å². The lowest BCUT2D eigenvalue weighted by Crippen LogP contribution is -2.34. The first kappa shape index (κ1) is 15.8. The zero-order valence-electron chi connectivity index (χ0n) is 11.9. The molecule has 0 bridgehead atoms. The van der Waals surface area contributed by atoms with E-state index in [-0.39, 0.29) is 4.90 Å². The second-order valence-corrected chi connectivity index (χ2v) is 7.63. The van der Waals surface area contributed by atoms with Crippen LogP contribution in [0.25, 0.3) is 6.08 Å². The minimum Gasteiger partial charge on any atom is -0.307 e. The Labute approximate surface area is 142 Å². The summed E-state index contributed by atoms with van der Waals surface area (Å²) in [5.74, 6) is 0. The molecule has 3 rings (SSSR count). The number of carbonyl (C=O) groups is 1. The summed E-state index contributed by atoms with van der Waals surface area (Å²) < 4.78 is 27.5. The number of urea groups is 1. The molecule has 2 aromatic rings. The third-order valence-corrected chi connectivity index (χ3v) is 5.25. The number of hydrogen-bond acceptors (Lipinski definition) is 3. The van der Waals surface area contributed by atoms with Crippen molar-refractivity contribution in [1.82, 2.24) is 4.72 Å². The second-order valence-electron chi connectivity index (χ2n) is 5.03. The van der Waals surface area contributed by atoms with Gasteiger partial charge in [0.15, 0.2) is 0 Å². The third kappa shape index (κ3) is 3.62. The number of anilines is 1. The van der Waals surface area contributed by atoms with Gasteiger partial charge in [0.2, 0.25) is 0 Å². The number of hydrogen-bond donors (Lipinski definition) is 2.